The molecular weight excluding hydrogens is 258 g/mol. The number of methoxy groups -OCH3 is 1. The Labute approximate surface area is 109 Å². The Morgan fingerprint density at radius 1 is 1.47 bits per heavy atom. The lowest BCUT2D eigenvalue weighted by Gasteiger charge is -2.14. The van der Waals surface area contributed by atoms with Crippen LogP contribution in [0.1, 0.15) is 16.6 Å². The first kappa shape index (κ1) is 12.3. The van der Waals surface area contributed by atoms with Gasteiger partial charge in [-0.05, 0) is 18.5 Å². The van der Waals surface area contributed by atoms with Gasteiger partial charge in [-0.2, -0.15) is 0 Å². The molecule has 0 radical (unpaired) electrons. The number of ether oxygens (including phenoxy) is 1. The van der Waals surface area contributed by atoms with Crippen molar-refractivity contribution in [2.24, 2.45) is 0 Å². The van der Waals surface area contributed by atoms with E-state index in [1.807, 2.05) is 18.5 Å². The number of thiophene rings is 1. The summed E-state index contributed by atoms with van der Waals surface area (Å²) in [6, 6.07) is 3.64. The predicted octanol–water partition coefficient (Wildman–Crippen LogP) is 2.51. The van der Waals surface area contributed by atoms with Crippen LogP contribution in [0.25, 0.3) is 0 Å². The van der Waals surface area contributed by atoms with Crippen LogP contribution >= 0.6 is 22.9 Å². The van der Waals surface area contributed by atoms with Gasteiger partial charge in [0.1, 0.15) is 6.33 Å². The minimum atomic E-state index is -0.0422. The Kier molecular flexibility index (Phi) is 3.93. The first-order valence-corrected chi connectivity index (χ1v) is 6.28. The monoisotopic (exact) mass is 269 g/mol. The fourth-order valence-corrected chi connectivity index (χ4v) is 2.83. The van der Waals surface area contributed by atoms with Crippen molar-refractivity contribution in [3.05, 3.63) is 39.4 Å². The summed E-state index contributed by atoms with van der Waals surface area (Å²) in [5.41, 5.74) is 0.837. The van der Waals surface area contributed by atoms with Gasteiger partial charge in [0.2, 0.25) is 5.88 Å². The van der Waals surface area contributed by atoms with Gasteiger partial charge in [0.25, 0.3) is 0 Å². The van der Waals surface area contributed by atoms with E-state index < -0.39 is 0 Å². The van der Waals surface area contributed by atoms with Crippen molar-refractivity contribution >= 4 is 22.9 Å². The van der Waals surface area contributed by atoms with Gasteiger partial charge in [-0.15, -0.1) is 11.3 Å². The summed E-state index contributed by atoms with van der Waals surface area (Å²) in [5, 5.41) is 5.89. The molecule has 2 heterocycles. The van der Waals surface area contributed by atoms with Crippen LogP contribution in [0.2, 0.25) is 5.02 Å². The molecule has 0 bridgehead atoms. The van der Waals surface area contributed by atoms with E-state index in [4.69, 9.17) is 16.3 Å². The molecule has 0 aliphatic carbocycles. The largest absolute Gasteiger partial charge is 0.481 e. The summed E-state index contributed by atoms with van der Waals surface area (Å²) in [6.07, 6.45) is 1.49. The Bertz CT molecular complexity index is 503. The smallest absolute Gasteiger partial charge is 0.216 e. The molecule has 4 nitrogen and oxygen atoms in total. The highest BCUT2D eigenvalue weighted by Gasteiger charge is 2.18. The molecule has 90 valence electrons. The minimum absolute atomic E-state index is 0.0422. The molecule has 0 saturated heterocycles. The van der Waals surface area contributed by atoms with Crippen LogP contribution in [0, 0.1) is 0 Å². The Balaban J connectivity index is 2.38. The van der Waals surface area contributed by atoms with Gasteiger partial charge in [-0.1, -0.05) is 11.6 Å². The van der Waals surface area contributed by atoms with E-state index in [2.05, 4.69) is 15.3 Å². The van der Waals surface area contributed by atoms with E-state index in [1.165, 1.54) is 6.33 Å². The van der Waals surface area contributed by atoms with Gasteiger partial charge in [0, 0.05) is 10.9 Å². The van der Waals surface area contributed by atoms with Gasteiger partial charge < -0.3 is 10.1 Å². The summed E-state index contributed by atoms with van der Waals surface area (Å²) in [6.45, 7) is 0. The third-order valence-electron chi connectivity index (χ3n) is 2.36. The summed E-state index contributed by atoms with van der Waals surface area (Å²) in [7, 11) is 3.45. The molecule has 0 saturated carbocycles. The SMILES string of the molecule is CNC(c1cc(OC)ncn1)c1sccc1Cl. The van der Waals surface area contributed by atoms with Gasteiger partial charge in [0.05, 0.1) is 23.9 Å². The lowest BCUT2D eigenvalue weighted by Crippen LogP contribution is -2.18. The van der Waals surface area contributed by atoms with Crippen LogP contribution in [0.15, 0.2) is 23.8 Å². The molecule has 0 amide bonds. The zero-order chi connectivity index (χ0) is 12.3. The van der Waals surface area contributed by atoms with Crippen molar-refractivity contribution in [2.75, 3.05) is 14.2 Å². The molecule has 1 N–H and O–H groups in total. The molecule has 17 heavy (non-hydrogen) atoms. The number of hydrogen-bond acceptors (Lipinski definition) is 5. The molecule has 2 aromatic rings. The van der Waals surface area contributed by atoms with Gasteiger partial charge in [-0.3, -0.25) is 0 Å². The average molecular weight is 270 g/mol. The Morgan fingerprint density at radius 3 is 2.88 bits per heavy atom. The number of rotatable bonds is 4. The van der Waals surface area contributed by atoms with Gasteiger partial charge >= 0.3 is 0 Å². The summed E-state index contributed by atoms with van der Waals surface area (Å²) >= 11 is 7.73. The van der Waals surface area contributed by atoms with E-state index >= 15 is 0 Å². The lowest BCUT2D eigenvalue weighted by atomic mass is 10.1. The van der Waals surface area contributed by atoms with Crippen LogP contribution in [0.5, 0.6) is 5.88 Å². The highest BCUT2D eigenvalue weighted by atomic mass is 35.5. The molecule has 2 rings (SSSR count). The van der Waals surface area contributed by atoms with Gasteiger partial charge in [-0.25, -0.2) is 9.97 Å². The van der Waals surface area contributed by atoms with E-state index in [9.17, 15) is 0 Å². The van der Waals surface area contributed by atoms with Crippen molar-refractivity contribution in [2.45, 2.75) is 6.04 Å². The normalized spacial score (nSPS) is 12.4. The maximum atomic E-state index is 6.13. The van der Waals surface area contributed by atoms with Crippen LogP contribution in [0.3, 0.4) is 0 Å². The molecule has 2 aromatic heterocycles. The molecule has 0 aliphatic heterocycles. The van der Waals surface area contributed by atoms with Crippen molar-refractivity contribution < 1.29 is 4.74 Å². The maximum Gasteiger partial charge on any atom is 0.216 e. The fraction of sp³-hybridized carbons (Fsp3) is 0.273. The molecular formula is C11H12ClN3OS. The molecule has 6 heteroatoms. The summed E-state index contributed by atoms with van der Waals surface area (Å²) in [5.74, 6) is 0.544. The second kappa shape index (κ2) is 5.44. The minimum Gasteiger partial charge on any atom is -0.481 e. The third-order valence-corrected chi connectivity index (χ3v) is 3.79. The first-order chi connectivity index (χ1) is 8.26. The summed E-state index contributed by atoms with van der Waals surface area (Å²) in [4.78, 5) is 9.27. The zero-order valence-electron chi connectivity index (χ0n) is 9.48. The van der Waals surface area contributed by atoms with Crippen molar-refractivity contribution in [3.63, 3.8) is 0 Å². The number of hydrogen-bond donors (Lipinski definition) is 1. The van der Waals surface area contributed by atoms with Gasteiger partial charge in [0.15, 0.2) is 0 Å². The highest BCUT2D eigenvalue weighted by molar-refractivity contribution is 7.10. The highest BCUT2D eigenvalue weighted by Crippen LogP contribution is 2.32. The van der Waals surface area contributed by atoms with Crippen LogP contribution in [-0.2, 0) is 0 Å². The van der Waals surface area contributed by atoms with E-state index in [0.717, 1.165) is 15.6 Å². The fourth-order valence-electron chi connectivity index (χ4n) is 1.55. The zero-order valence-corrected chi connectivity index (χ0v) is 11.0. The van der Waals surface area contributed by atoms with E-state index in [1.54, 1.807) is 24.5 Å². The van der Waals surface area contributed by atoms with Crippen LogP contribution in [-0.4, -0.2) is 24.1 Å². The summed E-state index contributed by atoms with van der Waals surface area (Å²) < 4.78 is 5.09. The number of nitrogens with one attached hydrogen (secondary N) is 1. The van der Waals surface area contributed by atoms with Crippen LogP contribution < -0.4 is 10.1 Å². The molecule has 0 aromatic carbocycles. The quantitative estimate of drug-likeness (QED) is 0.927. The van der Waals surface area contributed by atoms with Crippen molar-refractivity contribution in [3.8, 4) is 5.88 Å². The van der Waals surface area contributed by atoms with Crippen molar-refractivity contribution in [1.29, 1.82) is 0 Å². The van der Waals surface area contributed by atoms with E-state index in [0.29, 0.717) is 5.88 Å². The van der Waals surface area contributed by atoms with Crippen LogP contribution in [0.4, 0.5) is 0 Å². The molecule has 1 atom stereocenters. The second-order valence-electron chi connectivity index (χ2n) is 3.34. The number of aromatic nitrogens is 2. The number of halogens is 1. The topological polar surface area (TPSA) is 47.0 Å². The molecule has 0 spiro atoms. The molecule has 0 aliphatic rings. The molecule has 1 unspecified atom stereocenters. The predicted molar refractivity (Wildman–Crippen MR) is 68.8 cm³/mol. The molecule has 0 fully saturated rings. The van der Waals surface area contributed by atoms with E-state index in [-0.39, 0.29) is 6.04 Å². The standard InChI is InChI=1S/C11H12ClN3OS/c1-13-10(11-7(12)3-4-17-11)8-5-9(16-2)15-6-14-8/h3-6,10,13H,1-2H3. The Hall–Kier alpha value is -1.17. The number of nitrogens with zero attached hydrogens (tertiary/aromatic N) is 2. The second-order valence-corrected chi connectivity index (χ2v) is 4.69. The Morgan fingerprint density at radius 2 is 2.29 bits per heavy atom. The maximum absolute atomic E-state index is 6.13. The van der Waals surface area contributed by atoms with Crippen molar-refractivity contribution in [1.82, 2.24) is 15.3 Å². The lowest BCUT2D eigenvalue weighted by molar-refractivity contribution is 0.395. The first-order valence-electron chi connectivity index (χ1n) is 5.02. The third kappa shape index (κ3) is 2.57. The average Bonchev–Trinajstić information content (AvgIpc) is 2.77.